The Morgan fingerprint density at radius 1 is 1.12 bits per heavy atom. The third-order valence-corrected chi connectivity index (χ3v) is 4.12. The SMILES string of the molecule is CCOc1ccccc1N1CCN(C(=O)c2cc[n+]([O-])cc2)CC1. The van der Waals surface area contributed by atoms with Crippen LogP contribution in [0.4, 0.5) is 5.69 Å². The molecule has 6 heteroatoms. The summed E-state index contributed by atoms with van der Waals surface area (Å²) in [4.78, 5) is 16.6. The van der Waals surface area contributed by atoms with Crippen LogP contribution in [0.1, 0.15) is 17.3 Å². The van der Waals surface area contributed by atoms with E-state index in [1.54, 1.807) is 12.1 Å². The summed E-state index contributed by atoms with van der Waals surface area (Å²) in [5.41, 5.74) is 1.61. The highest BCUT2D eigenvalue weighted by atomic mass is 16.5. The summed E-state index contributed by atoms with van der Waals surface area (Å²) < 4.78 is 6.37. The van der Waals surface area contributed by atoms with E-state index in [0.29, 0.717) is 30.0 Å². The van der Waals surface area contributed by atoms with E-state index in [1.807, 2.05) is 36.1 Å². The summed E-state index contributed by atoms with van der Waals surface area (Å²) >= 11 is 0. The average molecular weight is 327 g/mol. The van der Waals surface area contributed by atoms with E-state index in [2.05, 4.69) is 4.90 Å². The molecule has 0 N–H and O–H groups in total. The zero-order chi connectivity index (χ0) is 16.9. The first kappa shape index (κ1) is 16.1. The zero-order valence-corrected chi connectivity index (χ0v) is 13.7. The van der Waals surface area contributed by atoms with Crippen molar-refractivity contribution in [2.45, 2.75) is 6.92 Å². The molecule has 24 heavy (non-hydrogen) atoms. The van der Waals surface area contributed by atoms with Crippen molar-refractivity contribution in [2.24, 2.45) is 0 Å². The van der Waals surface area contributed by atoms with Gasteiger partial charge in [-0.2, -0.15) is 4.73 Å². The molecule has 0 bridgehead atoms. The van der Waals surface area contributed by atoms with Crippen LogP contribution in [-0.4, -0.2) is 43.6 Å². The fourth-order valence-electron chi connectivity index (χ4n) is 2.88. The first-order chi connectivity index (χ1) is 11.7. The van der Waals surface area contributed by atoms with Gasteiger partial charge in [-0.05, 0) is 19.1 Å². The van der Waals surface area contributed by atoms with Crippen molar-refractivity contribution in [3.63, 3.8) is 0 Å². The van der Waals surface area contributed by atoms with Gasteiger partial charge < -0.3 is 19.7 Å². The Morgan fingerprint density at radius 2 is 1.79 bits per heavy atom. The number of anilines is 1. The lowest BCUT2D eigenvalue weighted by Crippen LogP contribution is -2.49. The maximum atomic E-state index is 12.5. The number of nitrogens with zero attached hydrogens (tertiary/aromatic N) is 3. The molecule has 126 valence electrons. The minimum atomic E-state index is -0.0339. The molecule has 1 aliphatic heterocycles. The van der Waals surface area contributed by atoms with Gasteiger partial charge >= 0.3 is 0 Å². The zero-order valence-electron chi connectivity index (χ0n) is 13.7. The predicted octanol–water partition coefficient (Wildman–Crippen LogP) is 1.68. The quantitative estimate of drug-likeness (QED) is 0.633. The minimum Gasteiger partial charge on any atom is -0.619 e. The van der Waals surface area contributed by atoms with Gasteiger partial charge in [0.05, 0.1) is 17.9 Å². The van der Waals surface area contributed by atoms with Crippen LogP contribution < -0.4 is 14.4 Å². The summed E-state index contributed by atoms with van der Waals surface area (Å²) in [6.45, 7) is 5.40. The van der Waals surface area contributed by atoms with Gasteiger partial charge in [0.15, 0.2) is 12.4 Å². The predicted molar refractivity (Wildman–Crippen MR) is 91.1 cm³/mol. The maximum Gasteiger partial charge on any atom is 0.254 e. The topological polar surface area (TPSA) is 59.7 Å². The molecule has 1 fully saturated rings. The van der Waals surface area contributed by atoms with E-state index in [0.717, 1.165) is 24.5 Å². The van der Waals surface area contributed by atoms with Crippen molar-refractivity contribution in [2.75, 3.05) is 37.7 Å². The molecular weight excluding hydrogens is 306 g/mol. The Hall–Kier alpha value is -2.76. The third kappa shape index (κ3) is 3.42. The smallest absolute Gasteiger partial charge is 0.254 e. The van der Waals surface area contributed by atoms with E-state index in [9.17, 15) is 10.0 Å². The molecule has 0 unspecified atom stereocenters. The largest absolute Gasteiger partial charge is 0.619 e. The van der Waals surface area contributed by atoms with Crippen molar-refractivity contribution in [1.82, 2.24) is 4.90 Å². The molecule has 0 aliphatic carbocycles. The van der Waals surface area contributed by atoms with Gasteiger partial charge in [0, 0.05) is 38.3 Å². The van der Waals surface area contributed by atoms with Crippen molar-refractivity contribution >= 4 is 11.6 Å². The number of benzene rings is 1. The summed E-state index contributed by atoms with van der Waals surface area (Å²) in [5.74, 6) is 0.844. The number of para-hydroxylation sites is 2. The molecule has 1 aromatic carbocycles. The summed E-state index contributed by atoms with van der Waals surface area (Å²) in [6, 6.07) is 11.1. The lowest BCUT2D eigenvalue weighted by molar-refractivity contribution is -0.605. The number of piperazine rings is 1. The summed E-state index contributed by atoms with van der Waals surface area (Å²) in [7, 11) is 0. The molecule has 1 saturated heterocycles. The van der Waals surface area contributed by atoms with Crippen molar-refractivity contribution in [1.29, 1.82) is 0 Å². The minimum absolute atomic E-state index is 0.0339. The first-order valence-corrected chi connectivity index (χ1v) is 8.14. The summed E-state index contributed by atoms with van der Waals surface area (Å²) in [6.07, 6.45) is 2.70. The summed E-state index contributed by atoms with van der Waals surface area (Å²) in [5, 5.41) is 11.1. The lowest BCUT2D eigenvalue weighted by Gasteiger charge is -2.36. The number of hydrogen-bond donors (Lipinski definition) is 0. The van der Waals surface area contributed by atoms with Crippen LogP contribution in [-0.2, 0) is 0 Å². The van der Waals surface area contributed by atoms with Gasteiger partial charge in [-0.15, -0.1) is 0 Å². The highest BCUT2D eigenvalue weighted by Crippen LogP contribution is 2.28. The Balaban J connectivity index is 1.65. The molecule has 1 aliphatic rings. The van der Waals surface area contributed by atoms with Gasteiger partial charge in [0.2, 0.25) is 0 Å². The van der Waals surface area contributed by atoms with Crippen LogP contribution in [0.3, 0.4) is 0 Å². The lowest BCUT2D eigenvalue weighted by atomic mass is 10.2. The molecule has 0 atom stereocenters. The highest BCUT2D eigenvalue weighted by Gasteiger charge is 2.24. The number of hydrogen-bond acceptors (Lipinski definition) is 4. The second-order valence-corrected chi connectivity index (χ2v) is 5.63. The fourth-order valence-corrected chi connectivity index (χ4v) is 2.88. The van der Waals surface area contributed by atoms with Gasteiger partial charge in [-0.25, -0.2) is 0 Å². The number of aromatic nitrogens is 1. The Labute approximate surface area is 141 Å². The molecule has 0 radical (unpaired) electrons. The van der Waals surface area contributed by atoms with Crippen LogP contribution in [0.25, 0.3) is 0 Å². The van der Waals surface area contributed by atoms with Crippen molar-refractivity contribution < 1.29 is 14.3 Å². The van der Waals surface area contributed by atoms with Crippen LogP contribution in [0.2, 0.25) is 0 Å². The number of amides is 1. The van der Waals surface area contributed by atoms with Crippen LogP contribution in [0, 0.1) is 5.21 Å². The van der Waals surface area contributed by atoms with Gasteiger partial charge in [-0.3, -0.25) is 4.79 Å². The molecule has 1 amide bonds. The second kappa shape index (κ2) is 7.21. The molecular formula is C18H21N3O3. The van der Waals surface area contributed by atoms with Crippen LogP contribution in [0.5, 0.6) is 5.75 Å². The van der Waals surface area contributed by atoms with Gasteiger partial charge in [-0.1, -0.05) is 12.1 Å². The normalized spacial score (nSPS) is 14.5. The molecule has 3 rings (SSSR count). The Kier molecular flexibility index (Phi) is 4.84. The van der Waals surface area contributed by atoms with Crippen LogP contribution >= 0.6 is 0 Å². The number of ether oxygens (including phenoxy) is 1. The molecule has 6 nitrogen and oxygen atoms in total. The molecule has 1 aromatic heterocycles. The van der Waals surface area contributed by atoms with Crippen molar-refractivity contribution in [3.05, 3.63) is 59.6 Å². The number of pyridine rings is 1. The van der Waals surface area contributed by atoms with Gasteiger partial charge in [0.25, 0.3) is 5.91 Å². The number of carbonyl (C=O) groups excluding carboxylic acids is 1. The van der Waals surface area contributed by atoms with Crippen molar-refractivity contribution in [3.8, 4) is 5.75 Å². The van der Waals surface area contributed by atoms with Gasteiger partial charge in [0.1, 0.15) is 5.75 Å². The molecule has 2 aromatic rings. The van der Waals surface area contributed by atoms with E-state index >= 15 is 0 Å². The number of rotatable bonds is 4. The van der Waals surface area contributed by atoms with E-state index in [1.165, 1.54) is 12.4 Å². The molecule has 0 saturated carbocycles. The van der Waals surface area contributed by atoms with Crippen LogP contribution in [0.15, 0.2) is 48.8 Å². The molecule has 0 spiro atoms. The fraction of sp³-hybridized carbons (Fsp3) is 0.333. The third-order valence-electron chi connectivity index (χ3n) is 4.12. The standard InChI is InChI=1S/C18H21N3O3/c1-2-24-17-6-4-3-5-16(17)19-11-13-20(14-12-19)18(22)15-7-9-21(23)10-8-15/h3-10H,2,11-14H2,1H3. The van der Waals surface area contributed by atoms with E-state index in [4.69, 9.17) is 4.74 Å². The first-order valence-electron chi connectivity index (χ1n) is 8.14. The van der Waals surface area contributed by atoms with E-state index < -0.39 is 0 Å². The molecule has 2 heterocycles. The van der Waals surface area contributed by atoms with E-state index in [-0.39, 0.29) is 5.91 Å². The monoisotopic (exact) mass is 327 g/mol. The average Bonchev–Trinajstić information content (AvgIpc) is 2.63. The Morgan fingerprint density at radius 3 is 2.46 bits per heavy atom. The number of carbonyl (C=O) groups is 1. The second-order valence-electron chi connectivity index (χ2n) is 5.63. The maximum absolute atomic E-state index is 12.5. The Bertz CT molecular complexity index is 695. The highest BCUT2D eigenvalue weighted by molar-refractivity contribution is 5.94.